The molecule has 1 aliphatic heterocycles. The SMILES string of the molecule is O=C(Cn1ncc2ccccc21)c1ccc2c(c1)OCO2. The van der Waals surface area contributed by atoms with Crippen LogP contribution in [0.3, 0.4) is 0 Å². The quantitative estimate of drug-likeness (QED) is 0.692. The monoisotopic (exact) mass is 280 g/mol. The fraction of sp³-hybridized carbons (Fsp3) is 0.125. The average molecular weight is 280 g/mol. The number of fused-ring (bicyclic) bond motifs is 2. The minimum atomic E-state index is -0.0119. The highest BCUT2D eigenvalue weighted by Crippen LogP contribution is 2.32. The molecule has 0 aliphatic carbocycles. The van der Waals surface area contributed by atoms with Crippen LogP contribution in [0.1, 0.15) is 10.4 Å². The maximum atomic E-state index is 12.4. The molecule has 0 radical (unpaired) electrons. The maximum absolute atomic E-state index is 12.4. The minimum Gasteiger partial charge on any atom is -0.454 e. The van der Waals surface area contributed by atoms with Gasteiger partial charge in [0.05, 0.1) is 11.7 Å². The molecular formula is C16H12N2O3. The van der Waals surface area contributed by atoms with Crippen molar-refractivity contribution in [2.75, 3.05) is 6.79 Å². The predicted molar refractivity (Wildman–Crippen MR) is 76.6 cm³/mol. The first-order chi connectivity index (χ1) is 10.3. The van der Waals surface area contributed by atoms with Crippen molar-refractivity contribution in [1.29, 1.82) is 0 Å². The third kappa shape index (κ3) is 2.03. The molecule has 0 atom stereocenters. The van der Waals surface area contributed by atoms with E-state index >= 15 is 0 Å². The van der Waals surface area contributed by atoms with Crippen LogP contribution in [-0.4, -0.2) is 22.4 Å². The van der Waals surface area contributed by atoms with Crippen molar-refractivity contribution in [2.24, 2.45) is 0 Å². The maximum Gasteiger partial charge on any atom is 0.231 e. The third-order valence-electron chi connectivity index (χ3n) is 3.54. The topological polar surface area (TPSA) is 53.4 Å². The Morgan fingerprint density at radius 1 is 1.14 bits per heavy atom. The number of rotatable bonds is 3. The normalized spacial score (nSPS) is 12.8. The Labute approximate surface area is 120 Å². The first-order valence-corrected chi connectivity index (χ1v) is 6.65. The Bertz CT molecular complexity index is 838. The number of para-hydroxylation sites is 1. The van der Waals surface area contributed by atoms with Gasteiger partial charge in [-0.3, -0.25) is 9.48 Å². The number of carbonyl (C=O) groups is 1. The first-order valence-electron chi connectivity index (χ1n) is 6.65. The van der Waals surface area contributed by atoms with Crippen LogP contribution >= 0.6 is 0 Å². The molecule has 1 aliphatic rings. The summed E-state index contributed by atoms with van der Waals surface area (Å²) in [6.45, 7) is 0.407. The van der Waals surface area contributed by atoms with Crippen LogP contribution in [0.5, 0.6) is 11.5 Å². The highest BCUT2D eigenvalue weighted by molar-refractivity contribution is 5.97. The number of hydrogen-bond donors (Lipinski definition) is 0. The lowest BCUT2D eigenvalue weighted by Crippen LogP contribution is -2.11. The second kappa shape index (κ2) is 4.63. The zero-order valence-corrected chi connectivity index (χ0v) is 11.2. The Morgan fingerprint density at radius 2 is 2.00 bits per heavy atom. The highest BCUT2D eigenvalue weighted by Gasteiger charge is 2.17. The summed E-state index contributed by atoms with van der Waals surface area (Å²) in [5, 5.41) is 5.30. The van der Waals surface area contributed by atoms with Crippen molar-refractivity contribution in [3.8, 4) is 11.5 Å². The number of ketones is 1. The molecule has 0 bridgehead atoms. The van der Waals surface area contributed by atoms with Crippen LogP contribution < -0.4 is 9.47 Å². The van der Waals surface area contributed by atoms with E-state index in [1.54, 1.807) is 29.1 Å². The number of benzene rings is 2. The standard InChI is InChI=1S/C16H12N2O3/c19-14(11-5-6-15-16(7-11)21-10-20-15)9-18-13-4-2-1-3-12(13)8-17-18/h1-8H,9-10H2. The smallest absolute Gasteiger partial charge is 0.231 e. The predicted octanol–water partition coefficient (Wildman–Crippen LogP) is 2.65. The number of carbonyl (C=O) groups excluding carboxylic acids is 1. The molecule has 21 heavy (non-hydrogen) atoms. The molecule has 1 aromatic heterocycles. The van der Waals surface area contributed by atoms with Crippen LogP contribution in [0.2, 0.25) is 0 Å². The molecule has 0 saturated carbocycles. The van der Waals surface area contributed by atoms with Crippen molar-refractivity contribution >= 4 is 16.7 Å². The first kappa shape index (κ1) is 12.0. The molecule has 0 spiro atoms. The summed E-state index contributed by atoms with van der Waals surface area (Å²) >= 11 is 0. The van der Waals surface area contributed by atoms with Crippen LogP contribution in [0.15, 0.2) is 48.7 Å². The van der Waals surface area contributed by atoms with Crippen molar-refractivity contribution in [2.45, 2.75) is 6.54 Å². The van der Waals surface area contributed by atoms with Gasteiger partial charge in [-0.1, -0.05) is 18.2 Å². The van der Waals surface area contributed by atoms with Crippen molar-refractivity contribution in [3.05, 3.63) is 54.2 Å². The van der Waals surface area contributed by atoms with E-state index in [1.807, 2.05) is 24.3 Å². The van der Waals surface area contributed by atoms with Crippen LogP contribution in [0.25, 0.3) is 10.9 Å². The number of Topliss-reactive ketones (excluding diaryl/α,β-unsaturated/α-hetero) is 1. The fourth-order valence-electron chi connectivity index (χ4n) is 2.45. The largest absolute Gasteiger partial charge is 0.454 e. The number of ether oxygens (including phenoxy) is 2. The summed E-state index contributed by atoms with van der Waals surface area (Å²) in [4.78, 5) is 12.4. The molecule has 0 N–H and O–H groups in total. The Morgan fingerprint density at radius 3 is 2.95 bits per heavy atom. The lowest BCUT2D eigenvalue weighted by atomic mass is 10.1. The van der Waals surface area contributed by atoms with E-state index < -0.39 is 0 Å². The molecule has 0 amide bonds. The third-order valence-corrected chi connectivity index (χ3v) is 3.54. The Hall–Kier alpha value is -2.82. The van der Waals surface area contributed by atoms with Gasteiger partial charge in [0.25, 0.3) is 0 Å². The summed E-state index contributed by atoms with van der Waals surface area (Å²) in [5.41, 5.74) is 1.55. The summed E-state index contributed by atoms with van der Waals surface area (Å²) in [6, 6.07) is 13.0. The van der Waals surface area contributed by atoms with E-state index in [1.165, 1.54) is 0 Å². The van der Waals surface area contributed by atoms with Gasteiger partial charge in [0.1, 0.15) is 6.54 Å². The van der Waals surface area contributed by atoms with Gasteiger partial charge in [-0.25, -0.2) is 0 Å². The fourth-order valence-corrected chi connectivity index (χ4v) is 2.45. The molecule has 2 aromatic carbocycles. The van der Waals surface area contributed by atoms with Crippen LogP contribution in [-0.2, 0) is 6.54 Å². The van der Waals surface area contributed by atoms with Gasteiger partial charge in [-0.05, 0) is 24.3 Å². The van der Waals surface area contributed by atoms with Gasteiger partial charge in [0, 0.05) is 10.9 Å². The van der Waals surface area contributed by atoms with Crippen molar-refractivity contribution in [1.82, 2.24) is 9.78 Å². The van der Waals surface area contributed by atoms with Gasteiger partial charge in [0.15, 0.2) is 17.3 Å². The van der Waals surface area contributed by atoms with E-state index in [2.05, 4.69) is 5.10 Å². The highest BCUT2D eigenvalue weighted by atomic mass is 16.7. The molecule has 5 heteroatoms. The summed E-state index contributed by atoms with van der Waals surface area (Å²) in [7, 11) is 0. The van der Waals surface area contributed by atoms with E-state index in [9.17, 15) is 4.79 Å². The zero-order chi connectivity index (χ0) is 14.2. The molecule has 2 heterocycles. The lowest BCUT2D eigenvalue weighted by Gasteiger charge is -2.04. The summed E-state index contributed by atoms with van der Waals surface area (Å²) in [6.07, 6.45) is 1.77. The van der Waals surface area contributed by atoms with Gasteiger partial charge >= 0.3 is 0 Å². The summed E-state index contributed by atoms with van der Waals surface area (Å²) in [5.74, 6) is 1.28. The van der Waals surface area contributed by atoms with E-state index in [0.29, 0.717) is 17.1 Å². The van der Waals surface area contributed by atoms with Crippen molar-refractivity contribution < 1.29 is 14.3 Å². The van der Waals surface area contributed by atoms with E-state index in [-0.39, 0.29) is 19.1 Å². The molecule has 104 valence electrons. The summed E-state index contributed by atoms with van der Waals surface area (Å²) < 4.78 is 12.3. The van der Waals surface area contributed by atoms with Crippen LogP contribution in [0, 0.1) is 0 Å². The lowest BCUT2D eigenvalue weighted by molar-refractivity contribution is 0.0969. The van der Waals surface area contributed by atoms with Gasteiger partial charge in [-0.15, -0.1) is 0 Å². The minimum absolute atomic E-state index is 0.0119. The molecule has 4 rings (SSSR count). The molecule has 3 aromatic rings. The van der Waals surface area contributed by atoms with Gasteiger partial charge < -0.3 is 9.47 Å². The van der Waals surface area contributed by atoms with Crippen molar-refractivity contribution in [3.63, 3.8) is 0 Å². The molecule has 0 unspecified atom stereocenters. The number of aromatic nitrogens is 2. The number of hydrogen-bond acceptors (Lipinski definition) is 4. The van der Waals surface area contributed by atoms with Gasteiger partial charge in [0.2, 0.25) is 6.79 Å². The zero-order valence-electron chi connectivity index (χ0n) is 11.2. The Balaban J connectivity index is 1.63. The average Bonchev–Trinajstić information content (AvgIpc) is 3.13. The van der Waals surface area contributed by atoms with E-state index in [0.717, 1.165) is 10.9 Å². The van der Waals surface area contributed by atoms with Gasteiger partial charge in [-0.2, -0.15) is 5.10 Å². The molecule has 5 nitrogen and oxygen atoms in total. The second-order valence-electron chi connectivity index (χ2n) is 4.85. The Kier molecular flexibility index (Phi) is 2.64. The molecular weight excluding hydrogens is 268 g/mol. The van der Waals surface area contributed by atoms with E-state index in [4.69, 9.17) is 9.47 Å². The molecule has 0 fully saturated rings. The number of nitrogens with zero attached hydrogens (tertiary/aromatic N) is 2. The second-order valence-corrected chi connectivity index (χ2v) is 4.85. The van der Waals surface area contributed by atoms with Crippen LogP contribution in [0.4, 0.5) is 0 Å². The molecule has 0 saturated heterocycles.